The van der Waals surface area contributed by atoms with Crippen LogP contribution in [0.1, 0.15) is 40.3 Å². The molecule has 0 bridgehead atoms. The van der Waals surface area contributed by atoms with E-state index in [0.29, 0.717) is 17.0 Å². The Kier molecular flexibility index (Phi) is 5.34. The maximum absolute atomic E-state index is 14.8. The van der Waals surface area contributed by atoms with Gasteiger partial charge in [0.2, 0.25) is 0 Å². The molecule has 1 atom stereocenters. The van der Waals surface area contributed by atoms with Crippen LogP contribution >= 0.6 is 0 Å². The Bertz CT molecular complexity index is 1720. The summed E-state index contributed by atoms with van der Waals surface area (Å²) in [7, 11) is 0. The molecule has 0 saturated heterocycles. The number of nitriles is 1. The minimum absolute atomic E-state index is 0.102. The van der Waals surface area contributed by atoms with Gasteiger partial charge in [-0.15, -0.1) is 0 Å². The number of carbonyl (C=O) groups is 1. The molecule has 0 aliphatic heterocycles. The Labute approximate surface area is 198 Å². The minimum Gasteiger partial charge on any atom is -0.344 e. The minimum atomic E-state index is -0.796. The Hall–Kier alpha value is -4.84. The molecule has 0 radical (unpaired) electrons. The molecule has 0 spiro atoms. The third kappa shape index (κ3) is 3.52. The van der Waals surface area contributed by atoms with Gasteiger partial charge in [0.25, 0.3) is 11.5 Å². The number of pyridine rings is 1. The molecule has 3 aromatic heterocycles. The summed E-state index contributed by atoms with van der Waals surface area (Å²) in [6, 6.07) is 15.8. The zero-order valence-electron chi connectivity index (χ0n) is 18.9. The van der Waals surface area contributed by atoms with Gasteiger partial charge in [0.05, 0.1) is 28.4 Å². The zero-order valence-corrected chi connectivity index (χ0v) is 18.9. The van der Waals surface area contributed by atoms with Gasteiger partial charge in [-0.05, 0) is 38.1 Å². The van der Waals surface area contributed by atoms with Crippen molar-refractivity contribution in [3.8, 4) is 11.8 Å². The lowest BCUT2D eigenvalue weighted by Gasteiger charge is -2.22. The molecule has 5 aromatic rings. The number of aromatic nitrogens is 4. The fourth-order valence-corrected chi connectivity index (χ4v) is 4.38. The quantitative estimate of drug-likeness (QED) is 0.433. The van der Waals surface area contributed by atoms with Crippen molar-refractivity contribution >= 4 is 22.3 Å². The van der Waals surface area contributed by atoms with Gasteiger partial charge < -0.3 is 5.32 Å². The van der Waals surface area contributed by atoms with Crippen molar-refractivity contribution in [2.24, 2.45) is 0 Å². The van der Waals surface area contributed by atoms with E-state index in [9.17, 15) is 19.2 Å². The van der Waals surface area contributed by atoms with Crippen molar-refractivity contribution in [3.63, 3.8) is 0 Å². The van der Waals surface area contributed by atoms with E-state index >= 15 is 0 Å². The molecule has 8 nitrogen and oxygen atoms in total. The fraction of sp³-hybridized carbons (Fsp3) is 0.115. The van der Waals surface area contributed by atoms with Crippen molar-refractivity contribution in [2.75, 3.05) is 0 Å². The largest absolute Gasteiger partial charge is 0.344 e. The van der Waals surface area contributed by atoms with Crippen LogP contribution < -0.4 is 10.9 Å². The Morgan fingerprint density at radius 2 is 1.91 bits per heavy atom. The van der Waals surface area contributed by atoms with Crippen LogP contribution in [0.2, 0.25) is 0 Å². The highest BCUT2D eigenvalue weighted by Crippen LogP contribution is 2.28. The van der Waals surface area contributed by atoms with E-state index in [-0.39, 0.29) is 27.6 Å². The molecule has 2 aromatic carbocycles. The van der Waals surface area contributed by atoms with Crippen LogP contribution in [0, 0.1) is 24.1 Å². The third-order valence-corrected chi connectivity index (χ3v) is 5.88. The first-order chi connectivity index (χ1) is 16.9. The number of hydrogen-bond acceptors (Lipinski definition) is 5. The van der Waals surface area contributed by atoms with Crippen LogP contribution in [0.5, 0.6) is 0 Å². The molecule has 3 heterocycles. The van der Waals surface area contributed by atoms with Crippen molar-refractivity contribution in [1.29, 1.82) is 5.26 Å². The van der Waals surface area contributed by atoms with E-state index in [2.05, 4.69) is 21.5 Å². The summed E-state index contributed by atoms with van der Waals surface area (Å²) in [5.74, 6) is -1.18. The van der Waals surface area contributed by atoms with Gasteiger partial charge in [-0.1, -0.05) is 30.3 Å². The Morgan fingerprint density at radius 3 is 2.66 bits per heavy atom. The highest BCUT2D eigenvalue weighted by molar-refractivity contribution is 6.01. The van der Waals surface area contributed by atoms with Gasteiger partial charge in [-0.25, -0.2) is 13.9 Å². The molecule has 0 fully saturated rings. The number of carbonyl (C=O) groups excluding carboxylic acids is 1. The van der Waals surface area contributed by atoms with Crippen LogP contribution in [0.4, 0.5) is 4.39 Å². The number of aryl methyl sites for hydroxylation is 1. The third-order valence-electron chi connectivity index (χ3n) is 5.88. The second-order valence-corrected chi connectivity index (χ2v) is 8.05. The van der Waals surface area contributed by atoms with E-state index in [0.717, 1.165) is 0 Å². The van der Waals surface area contributed by atoms with Gasteiger partial charge in [-0.3, -0.25) is 14.2 Å². The fourth-order valence-electron chi connectivity index (χ4n) is 4.38. The molecular formula is C26H19FN6O2. The molecule has 1 N–H and O–H groups in total. The van der Waals surface area contributed by atoms with Gasteiger partial charge >= 0.3 is 0 Å². The number of nitrogens with one attached hydrogen (secondary N) is 1. The molecule has 172 valence electrons. The summed E-state index contributed by atoms with van der Waals surface area (Å²) in [5, 5.41) is 17.3. The predicted octanol–water partition coefficient (Wildman–Crippen LogP) is 3.84. The second-order valence-electron chi connectivity index (χ2n) is 8.05. The molecule has 1 amide bonds. The van der Waals surface area contributed by atoms with Crippen molar-refractivity contribution in [3.05, 3.63) is 106 Å². The molecule has 0 unspecified atom stereocenters. The maximum Gasteiger partial charge on any atom is 0.266 e. The van der Waals surface area contributed by atoms with Gasteiger partial charge in [-0.2, -0.15) is 10.4 Å². The lowest BCUT2D eigenvalue weighted by atomic mass is 9.99. The number of amides is 1. The van der Waals surface area contributed by atoms with E-state index in [1.807, 2.05) is 0 Å². The van der Waals surface area contributed by atoms with E-state index in [1.54, 1.807) is 62.6 Å². The monoisotopic (exact) mass is 466 g/mol. The first-order valence-corrected chi connectivity index (χ1v) is 10.9. The van der Waals surface area contributed by atoms with Crippen LogP contribution in [0.3, 0.4) is 0 Å². The average molecular weight is 466 g/mol. The predicted molar refractivity (Wildman–Crippen MR) is 128 cm³/mol. The number of para-hydroxylation sites is 1. The molecular weight excluding hydrogens is 447 g/mol. The number of benzene rings is 2. The molecule has 0 saturated carbocycles. The smallest absolute Gasteiger partial charge is 0.266 e. The topological polar surface area (TPSA) is 105 Å². The van der Waals surface area contributed by atoms with Crippen LogP contribution in [0.15, 0.2) is 71.8 Å². The lowest BCUT2D eigenvalue weighted by Crippen LogP contribution is -2.33. The van der Waals surface area contributed by atoms with Crippen LogP contribution in [0.25, 0.3) is 22.1 Å². The summed E-state index contributed by atoms with van der Waals surface area (Å²) in [6.07, 6.45) is 3.25. The number of nitrogens with zero attached hydrogens (tertiary/aromatic N) is 5. The lowest BCUT2D eigenvalue weighted by molar-refractivity contribution is 0.0939. The van der Waals surface area contributed by atoms with Crippen molar-refractivity contribution in [2.45, 2.75) is 19.9 Å². The molecule has 0 aliphatic rings. The van der Waals surface area contributed by atoms with Crippen LogP contribution in [-0.4, -0.2) is 25.1 Å². The zero-order chi connectivity index (χ0) is 24.7. The van der Waals surface area contributed by atoms with Crippen LogP contribution in [-0.2, 0) is 0 Å². The summed E-state index contributed by atoms with van der Waals surface area (Å²) < 4.78 is 17.6. The first kappa shape index (κ1) is 22.0. The normalized spacial score (nSPS) is 11.9. The van der Waals surface area contributed by atoms with Gasteiger partial charge in [0.15, 0.2) is 5.65 Å². The molecule has 5 rings (SSSR count). The average Bonchev–Trinajstić information content (AvgIpc) is 3.20. The van der Waals surface area contributed by atoms with E-state index in [1.165, 1.54) is 27.3 Å². The SMILES string of the molecule is Cc1nn2cccnc2c1C(=O)N[C@@H](C)c1c(C#N)c2cccc(F)c2c(=O)n1-c1ccccc1. The molecule has 0 aliphatic carbocycles. The first-order valence-electron chi connectivity index (χ1n) is 10.9. The number of rotatable bonds is 4. The molecule has 35 heavy (non-hydrogen) atoms. The highest BCUT2D eigenvalue weighted by Gasteiger charge is 2.27. The van der Waals surface area contributed by atoms with Gasteiger partial charge in [0.1, 0.15) is 17.4 Å². The second kappa shape index (κ2) is 8.50. The highest BCUT2D eigenvalue weighted by atomic mass is 19.1. The number of hydrogen-bond donors (Lipinski definition) is 1. The Balaban J connectivity index is 1.72. The number of fused-ring (bicyclic) bond motifs is 2. The summed E-state index contributed by atoms with van der Waals surface area (Å²) in [6.45, 7) is 3.38. The van der Waals surface area contributed by atoms with Gasteiger partial charge in [0, 0.05) is 23.5 Å². The molecule has 9 heteroatoms. The van der Waals surface area contributed by atoms with E-state index < -0.39 is 23.3 Å². The maximum atomic E-state index is 14.8. The van der Waals surface area contributed by atoms with Crippen molar-refractivity contribution in [1.82, 2.24) is 24.5 Å². The standard InChI is InChI=1S/C26H19FN6O2/c1-15-21(24-29-12-7-13-32(24)31-15)25(34)30-16(2)23-19(14-28)18-10-6-11-20(27)22(18)26(35)33(23)17-8-4-3-5-9-17/h3-13,16H,1-2H3,(H,30,34)/t16-/m0/s1. The van der Waals surface area contributed by atoms with Crippen molar-refractivity contribution < 1.29 is 9.18 Å². The summed E-state index contributed by atoms with van der Waals surface area (Å²) in [4.78, 5) is 31.2. The summed E-state index contributed by atoms with van der Waals surface area (Å²) >= 11 is 0. The number of halogens is 1. The summed E-state index contributed by atoms with van der Waals surface area (Å²) in [5.41, 5.74) is 1.34. The van der Waals surface area contributed by atoms with E-state index in [4.69, 9.17) is 0 Å². The Morgan fingerprint density at radius 1 is 1.14 bits per heavy atom.